The van der Waals surface area contributed by atoms with Gasteiger partial charge in [-0.15, -0.1) is 0 Å². The van der Waals surface area contributed by atoms with Crippen molar-refractivity contribution in [3.63, 3.8) is 0 Å². The predicted octanol–water partition coefficient (Wildman–Crippen LogP) is 2.46. The van der Waals surface area contributed by atoms with E-state index in [2.05, 4.69) is 16.2 Å². The maximum Gasteiger partial charge on any atom is 0.276 e. The molecule has 0 unspecified atom stereocenters. The minimum atomic E-state index is -0.487. The first-order valence-corrected chi connectivity index (χ1v) is 8.86. The van der Waals surface area contributed by atoms with E-state index in [1.165, 1.54) is 13.2 Å². The van der Waals surface area contributed by atoms with Gasteiger partial charge in [-0.1, -0.05) is 35.9 Å². The molecule has 0 radical (unpaired) electrons. The molecule has 7 nitrogen and oxygen atoms in total. The first kappa shape index (κ1) is 21.2. The van der Waals surface area contributed by atoms with Crippen molar-refractivity contribution in [3.8, 4) is 11.5 Å². The Balaban J connectivity index is 1.71. The number of hydrogen-bond acceptors (Lipinski definition) is 5. The Kier molecular flexibility index (Phi) is 8.26. The molecule has 0 aromatic heterocycles. The number of carbonyl (C=O) groups is 2. The zero-order chi connectivity index (χ0) is 20.4. The van der Waals surface area contributed by atoms with Gasteiger partial charge in [0.15, 0.2) is 23.2 Å². The Morgan fingerprint density at radius 1 is 1.07 bits per heavy atom. The minimum Gasteiger partial charge on any atom is -0.493 e. The maximum atomic E-state index is 11.8. The molecule has 2 amide bonds. The van der Waals surface area contributed by atoms with Gasteiger partial charge in [0, 0.05) is 11.1 Å². The molecule has 28 heavy (non-hydrogen) atoms. The highest BCUT2D eigenvalue weighted by Crippen LogP contribution is 2.25. The van der Waals surface area contributed by atoms with Gasteiger partial charge >= 0.3 is 0 Å². The molecule has 2 rings (SSSR count). The zero-order valence-corrected chi connectivity index (χ0v) is 16.5. The van der Waals surface area contributed by atoms with Crippen molar-refractivity contribution < 1.29 is 19.1 Å². The van der Waals surface area contributed by atoms with Crippen LogP contribution >= 0.6 is 23.8 Å². The molecule has 0 atom stereocenters. The number of thiocarbonyl (C=S) groups is 1. The second kappa shape index (κ2) is 10.9. The van der Waals surface area contributed by atoms with Crippen molar-refractivity contribution in [3.05, 3.63) is 65.2 Å². The monoisotopic (exact) mass is 419 g/mol. The lowest BCUT2D eigenvalue weighted by molar-refractivity contribution is -0.123. The van der Waals surface area contributed by atoms with E-state index in [1.54, 1.807) is 54.6 Å². The summed E-state index contributed by atoms with van der Waals surface area (Å²) in [5.74, 6) is 0.00747. The summed E-state index contributed by atoms with van der Waals surface area (Å²) in [6, 6.07) is 13.9. The molecule has 0 aliphatic rings. The normalized spacial score (nSPS) is 10.2. The first-order valence-electron chi connectivity index (χ1n) is 8.07. The summed E-state index contributed by atoms with van der Waals surface area (Å²) < 4.78 is 10.5. The lowest BCUT2D eigenvalue weighted by Crippen LogP contribution is -2.49. The van der Waals surface area contributed by atoms with Crippen molar-refractivity contribution >= 4 is 46.8 Å². The van der Waals surface area contributed by atoms with Crippen LogP contribution in [0.15, 0.2) is 54.6 Å². The van der Waals surface area contributed by atoms with Gasteiger partial charge in [-0.25, -0.2) is 0 Å². The van der Waals surface area contributed by atoms with Gasteiger partial charge in [0.05, 0.1) is 7.11 Å². The SMILES string of the molecule is COc1ccccc1OCC(=O)NNC(=S)NC(=O)/C=C/c1ccc(Cl)cc1. The van der Waals surface area contributed by atoms with Gasteiger partial charge in [0.2, 0.25) is 5.91 Å². The number of halogens is 1. The number of hydrogen-bond donors (Lipinski definition) is 3. The molecule has 0 saturated heterocycles. The number of amides is 2. The van der Waals surface area contributed by atoms with E-state index in [9.17, 15) is 9.59 Å². The second-order valence-corrected chi connectivity index (χ2v) is 6.16. The molecule has 0 aliphatic heterocycles. The molecule has 0 heterocycles. The third-order valence-electron chi connectivity index (χ3n) is 3.28. The lowest BCUT2D eigenvalue weighted by atomic mass is 10.2. The molecule has 0 bridgehead atoms. The average molecular weight is 420 g/mol. The number of ether oxygens (including phenoxy) is 2. The van der Waals surface area contributed by atoms with Crippen molar-refractivity contribution in [2.75, 3.05) is 13.7 Å². The highest BCUT2D eigenvalue weighted by molar-refractivity contribution is 7.80. The van der Waals surface area contributed by atoms with E-state index in [0.29, 0.717) is 16.5 Å². The fraction of sp³-hybridized carbons (Fsp3) is 0.105. The van der Waals surface area contributed by atoms with Crippen molar-refractivity contribution in [1.29, 1.82) is 0 Å². The number of carbonyl (C=O) groups excluding carboxylic acids is 2. The third kappa shape index (κ3) is 7.26. The van der Waals surface area contributed by atoms with Gasteiger partial charge in [-0.2, -0.15) is 0 Å². The molecule has 3 N–H and O–H groups in total. The highest BCUT2D eigenvalue weighted by atomic mass is 35.5. The van der Waals surface area contributed by atoms with Crippen LogP contribution in [0.1, 0.15) is 5.56 Å². The van der Waals surface area contributed by atoms with Crippen LogP contribution in [-0.4, -0.2) is 30.6 Å². The maximum absolute atomic E-state index is 11.8. The summed E-state index contributed by atoms with van der Waals surface area (Å²) in [6.07, 6.45) is 2.91. The van der Waals surface area contributed by atoms with Crippen LogP contribution < -0.4 is 25.6 Å². The summed E-state index contributed by atoms with van der Waals surface area (Å²) in [4.78, 5) is 23.6. The van der Waals surface area contributed by atoms with Gasteiger partial charge in [-0.05, 0) is 48.1 Å². The molecule has 2 aromatic carbocycles. The minimum absolute atomic E-state index is 0.0589. The Bertz CT molecular complexity index is 872. The smallest absolute Gasteiger partial charge is 0.276 e. The van der Waals surface area contributed by atoms with E-state index < -0.39 is 11.8 Å². The molecule has 146 valence electrons. The summed E-state index contributed by atoms with van der Waals surface area (Å²) in [5.41, 5.74) is 5.55. The van der Waals surface area contributed by atoms with Gasteiger partial charge in [0.25, 0.3) is 5.91 Å². The van der Waals surface area contributed by atoms with E-state index in [1.807, 2.05) is 0 Å². The van der Waals surface area contributed by atoms with Gasteiger partial charge < -0.3 is 9.47 Å². The Morgan fingerprint density at radius 2 is 1.75 bits per heavy atom. The summed E-state index contributed by atoms with van der Waals surface area (Å²) in [7, 11) is 1.51. The largest absolute Gasteiger partial charge is 0.493 e. The van der Waals surface area contributed by atoms with E-state index >= 15 is 0 Å². The predicted molar refractivity (Wildman–Crippen MR) is 111 cm³/mol. The van der Waals surface area contributed by atoms with Crippen molar-refractivity contribution in [1.82, 2.24) is 16.2 Å². The number of rotatable bonds is 6. The third-order valence-corrected chi connectivity index (χ3v) is 3.73. The van der Waals surface area contributed by atoms with Gasteiger partial charge in [-0.3, -0.25) is 25.8 Å². The zero-order valence-electron chi connectivity index (χ0n) is 14.9. The quantitative estimate of drug-likeness (QED) is 0.378. The summed E-state index contributed by atoms with van der Waals surface area (Å²) in [5, 5.41) is 2.95. The summed E-state index contributed by atoms with van der Waals surface area (Å²) >= 11 is 10.7. The number of hydrazine groups is 1. The summed E-state index contributed by atoms with van der Waals surface area (Å²) in [6.45, 7) is -0.263. The van der Waals surface area contributed by atoms with E-state index in [-0.39, 0.29) is 11.7 Å². The molecule has 0 fully saturated rings. The molecular weight excluding hydrogens is 402 g/mol. The topological polar surface area (TPSA) is 88.7 Å². The van der Waals surface area contributed by atoms with E-state index in [0.717, 1.165) is 5.56 Å². The van der Waals surface area contributed by atoms with Crippen molar-refractivity contribution in [2.45, 2.75) is 0 Å². The molecule has 0 saturated carbocycles. The van der Waals surface area contributed by atoms with Crippen LogP contribution in [0.4, 0.5) is 0 Å². The van der Waals surface area contributed by atoms with Crippen LogP contribution in [0, 0.1) is 0 Å². The van der Waals surface area contributed by atoms with E-state index in [4.69, 9.17) is 33.3 Å². The van der Waals surface area contributed by atoms with Crippen LogP contribution in [0.25, 0.3) is 6.08 Å². The lowest BCUT2D eigenvalue weighted by Gasteiger charge is -2.12. The first-order chi connectivity index (χ1) is 13.5. The molecule has 9 heteroatoms. The number of nitrogens with one attached hydrogen (secondary N) is 3. The second-order valence-electron chi connectivity index (χ2n) is 5.32. The highest BCUT2D eigenvalue weighted by Gasteiger charge is 2.07. The Hall–Kier alpha value is -3.10. The Labute approximate surface area is 172 Å². The van der Waals surface area contributed by atoms with Gasteiger partial charge in [0.1, 0.15) is 0 Å². The molecule has 0 spiro atoms. The number of methoxy groups -OCH3 is 1. The van der Waals surface area contributed by atoms with Crippen molar-refractivity contribution in [2.24, 2.45) is 0 Å². The standard InChI is InChI=1S/C19H18ClN3O4S/c1-26-15-4-2-3-5-16(15)27-12-18(25)22-23-19(28)21-17(24)11-8-13-6-9-14(20)10-7-13/h2-11H,12H2,1H3,(H,22,25)(H2,21,23,24,28)/b11-8+. The van der Waals surface area contributed by atoms with Crippen LogP contribution in [0.5, 0.6) is 11.5 Å². The number of benzene rings is 2. The average Bonchev–Trinajstić information content (AvgIpc) is 2.70. The van der Waals surface area contributed by atoms with Crippen LogP contribution in [-0.2, 0) is 9.59 Å². The van der Waals surface area contributed by atoms with Crippen LogP contribution in [0.2, 0.25) is 5.02 Å². The molecule has 2 aromatic rings. The fourth-order valence-electron chi connectivity index (χ4n) is 1.97. The van der Waals surface area contributed by atoms with Crippen LogP contribution in [0.3, 0.4) is 0 Å². The Morgan fingerprint density at radius 3 is 2.43 bits per heavy atom. The molecular formula is C19H18ClN3O4S. The number of para-hydroxylation sites is 2. The fourth-order valence-corrected chi connectivity index (χ4v) is 2.25. The molecule has 0 aliphatic carbocycles.